The first-order chi connectivity index (χ1) is 7.40. The molecule has 2 heteroatoms. The maximum Gasteiger partial charge on any atom is 0.0465 e. The topological polar surface area (TPSA) is 21.3 Å². The summed E-state index contributed by atoms with van der Waals surface area (Å²) in [6.07, 6.45) is 5.38. The van der Waals surface area contributed by atoms with Gasteiger partial charge in [0.1, 0.15) is 0 Å². The third kappa shape index (κ3) is 3.74. The fourth-order valence-electron chi connectivity index (χ4n) is 2.52. The lowest BCUT2D eigenvalue weighted by Crippen LogP contribution is -2.50. The molecule has 1 atom stereocenters. The van der Waals surface area contributed by atoms with Gasteiger partial charge in [-0.2, -0.15) is 0 Å². The normalized spacial score (nSPS) is 21.6. The number of hydrogen-bond donors (Lipinski definition) is 1. The summed E-state index contributed by atoms with van der Waals surface area (Å²) in [6, 6.07) is 0. The molecule has 1 saturated carbocycles. The van der Waals surface area contributed by atoms with Crippen molar-refractivity contribution in [3.63, 3.8) is 0 Å². The third-order valence-electron chi connectivity index (χ3n) is 4.12. The minimum Gasteiger partial charge on any atom is -0.385 e. The van der Waals surface area contributed by atoms with E-state index in [1.54, 1.807) is 7.11 Å². The van der Waals surface area contributed by atoms with Gasteiger partial charge >= 0.3 is 0 Å². The minimum absolute atomic E-state index is 0.240. The second kappa shape index (κ2) is 5.50. The quantitative estimate of drug-likeness (QED) is 0.752. The van der Waals surface area contributed by atoms with Crippen molar-refractivity contribution in [1.82, 2.24) is 5.32 Å². The molecule has 0 saturated heterocycles. The lowest BCUT2D eigenvalue weighted by molar-refractivity contribution is 0.0314. The van der Waals surface area contributed by atoms with Crippen molar-refractivity contribution in [3.8, 4) is 0 Å². The zero-order valence-corrected chi connectivity index (χ0v) is 11.7. The molecule has 0 spiro atoms. The van der Waals surface area contributed by atoms with Crippen LogP contribution in [-0.2, 0) is 4.74 Å². The zero-order chi connectivity index (χ0) is 12.2. The Balaban J connectivity index is 2.43. The van der Waals surface area contributed by atoms with Crippen LogP contribution in [0.2, 0.25) is 0 Å². The molecule has 96 valence electrons. The standard InChI is InChI=1S/C14H29NO/c1-12(7-10-16-5)14(8-6-9-14)11-15-13(2,3)4/h12,15H,6-11H2,1-5H3. The summed E-state index contributed by atoms with van der Waals surface area (Å²) in [5.74, 6) is 0.774. The van der Waals surface area contributed by atoms with Crippen molar-refractivity contribution in [1.29, 1.82) is 0 Å². The molecule has 0 heterocycles. The smallest absolute Gasteiger partial charge is 0.0465 e. The molecule has 0 aromatic heterocycles. The highest BCUT2D eigenvalue weighted by molar-refractivity contribution is 4.94. The van der Waals surface area contributed by atoms with Crippen LogP contribution in [0.1, 0.15) is 53.4 Å². The van der Waals surface area contributed by atoms with Crippen molar-refractivity contribution in [2.75, 3.05) is 20.3 Å². The van der Waals surface area contributed by atoms with E-state index < -0.39 is 0 Å². The predicted molar refractivity (Wildman–Crippen MR) is 69.7 cm³/mol. The predicted octanol–water partition coefficient (Wildman–Crippen LogP) is 3.22. The first-order valence-corrected chi connectivity index (χ1v) is 6.64. The fraction of sp³-hybridized carbons (Fsp3) is 1.00. The molecule has 0 aromatic rings. The van der Waals surface area contributed by atoms with E-state index in [1.165, 1.54) is 32.2 Å². The van der Waals surface area contributed by atoms with Crippen molar-refractivity contribution in [2.45, 2.75) is 58.9 Å². The van der Waals surface area contributed by atoms with Gasteiger partial charge in [-0.1, -0.05) is 13.3 Å². The maximum atomic E-state index is 5.20. The molecule has 0 radical (unpaired) electrons. The summed E-state index contributed by atoms with van der Waals surface area (Å²) >= 11 is 0. The molecule has 1 N–H and O–H groups in total. The monoisotopic (exact) mass is 227 g/mol. The molecular weight excluding hydrogens is 198 g/mol. The molecule has 1 fully saturated rings. The van der Waals surface area contributed by atoms with Crippen LogP contribution >= 0.6 is 0 Å². The van der Waals surface area contributed by atoms with Gasteiger partial charge in [0.2, 0.25) is 0 Å². The number of rotatable bonds is 6. The number of nitrogens with one attached hydrogen (secondary N) is 1. The Morgan fingerprint density at radius 3 is 2.31 bits per heavy atom. The summed E-state index contributed by atoms with van der Waals surface area (Å²) in [7, 11) is 1.80. The van der Waals surface area contributed by atoms with Crippen molar-refractivity contribution < 1.29 is 4.74 Å². The number of hydrogen-bond acceptors (Lipinski definition) is 2. The first-order valence-electron chi connectivity index (χ1n) is 6.64. The van der Waals surface area contributed by atoms with E-state index >= 15 is 0 Å². The van der Waals surface area contributed by atoms with E-state index in [2.05, 4.69) is 33.0 Å². The van der Waals surface area contributed by atoms with Crippen LogP contribution in [0.15, 0.2) is 0 Å². The molecule has 1 unspecified atom stereocenters. The highest BCUT2D eigenvalue weighted by Gasteiger charge is 2.41. The van der Waals surface area contributed by atoms with Gasteiger partial charge in [-0.15, -0.1) is 0 Å². The van der Waals surface area contributed by atoms with E-state index in [4.69, 9.17) is 4.74 Å². The van der Waals surface area contributed by atoms with Crippen LogP contribution in [0, 0.1) is 11.3 Å². The summed E-state index contributed by atoms with van der Waals surface area (Å²) in [5, 5.41) is 3.68. The Hall–Kier alpha value is -0.0800. The number of ether oxygens (including phenoxy) is 1. The number of methoxy groups -OCH3 is 1. The molecule has 1 rings (SSSR count). The van der Waals surface area contributed by atoms with Crippen LogP contribution < -0.4 is 5.32 Å². The Bertz CT molecular complexity index is 203. The van der Waals surface area contributed by atoms with Crippen LogP contribution in [-0.4, -0.2) is 25.8 Å². The van der Waals surface area contributed by atoms with Crippen molar-refractivity contribution >= 4 is 0 Å². The van der Waals surface area contributed by atoms with E-state index in [0.717, 1.165) is 12.5 Å². The second-order valence-corrected chi connectivity index (χ2v) is 6.50. The summed E-state index contributed by atoms with van der Waals surface area (Å²) in [6.45, 7) is 11.2. The highest BCUT2D eigenvalue weighted by atomic mass is 16.5. The van der Waals surface area contributed by atoms with Crippen LogP contribution in [0.5, 0.6) is 0 Å². The average molecular weight is 227 g/mol. The Morgan fingerprint density at radius 2 is 1.94 bits per heavy atom. The molecule has 0 aromatic carbocycles. The van der Waals surface area contributed by atoms with Gasteiger partial charge in [-0.05, 0) is 51.4 Å². The molecular formula is C14H29NO. The molecule has 2 nitrogen and oxygen atoms in total. The van der Waals surface area contributed by atoms with Gasteiger partial charge in [0.05, 0.1) is 0 Å². The van der Waals surface area contributed by atoms with Gasteiger partial charge in [0.25, 0.3) is 0 Å². The average Bonchev–Trinajstić information content (AvgIpc) is 2.11. The maximum absolute atomic E-state index is 5.20. The van der Waals surface area contributed by atoms with E-state index in [1.807, 2.05) is 0 Å². The summed E-state index contributed by atoms with van der Waals surface area (Å²) < 4.78 is 5.20. The Kier molecular flexibility index (Phi) is 4.81. The molecule has 0 aliphatic heterocycles. The molecule has 1 aliphatic carbocycles. The molecule has 0 bridgehead atoms. The summed E-state index contributed by atoms with van der Waals surface area (Å²) in [5.41, 5.74) is 0.787. The SMILES string of the molecule is COCCC(C)C1(CNC(C)(C)C)CCC1. The van der Waals surface area contributed by atoms with E-state index in [9.17, 15) is 0 Å². The third-order valence-corrected chi connectivity index (χ3v) is 4.12. The van der Waals surface area contributed by atoms with Gasteiger partial charge in [0, 0.05) is 25.8 Å². The lowest BCUT2D eigenvalue weighted by Gasteiger charge is -2.48. The van der Waals surface area contributed by atoms with Crippen molar-refractivity contribution in [2.24, 2.45) is 11.3 Å². The fourth-order valence-corrected chi connectivity index (χ4v) is 2.52. The zero-order valence-electron chi connectivity index (χ0n) is 11.7. The first kappa shape index (κ1) is 14.0. The molecule has 16 heavy (non-hydrogen) atoms. The summed E-state index contributed by atoms with van der Waals surface area (Å²) in [4.78, 5) is 0. The van der Waals surface area contributed by atoms with Crippen LogP contribution in [0.25, 0.3) is 0 Å². The van der Waals surface area contributed by atoms with E-state index in [0.29, 0.717) is 5.41 Å². The van der Waals surface area contributed by atoms with Gasteiger partial charge < -0.3 is 10.1 Å². The molecule has 0 amide bonds. The van der Waals surface area contributed by atoms with E-state index in [-0.39, 0.29) is 5.54 Å². The van der Waals surface area contributed by atoms with Gasteiger partial charge in [-0.25, -0.2) is 0 Å². The van der Waals surface area contributed by atoms with Crippen LogP contribution in [0.4, 0.5) is 0 Å². The Labute approximate surface area is 101 Å². The second-order valence-electron chi connectivity index (χ2n) is 6.50. The Morgan fingerprint density at radius 1 is 1.31 bits per heavy atom. The van der Waals surface area contributed by atoms with Gasteiger partial charge in [-0.3, -0.25) is 0 Å². The van der Waals surface area contributed by atoms with Crippen molar-refractivity contribution in [3.05, 3.63) is 0 Å². The largest absolute Gasteiger partial charge is 0.385 e. The minimum atomic E-state index is 0.240. The lowest BCUT2D eigenvalue weighted by atomic mass is 9.60. The van der Waals surface area contributed by atoms with Crippen LogP contribution in [0.3, 0.4) is 0 Å². The highest BCUT2D eigenvalue weighted by Crippen LogP contribution is 2.48. The van der Waals surface area contributed by atoms with Gasteiger partial charge in [0.15, 0.2) is 0 Å². The molecule has 1 aliphatic rings.